The van der Waals surface area contributed by atoms with E-state index in [2.05, 4.69) is 35.3 Å². The number of benzene rings is 2. The predicted octanol–water partition coefficient (Wildman–Crippen LogP) is 3.07. The van der Waals surface area contributed by atoms with Gasteiger partial charge in [0.25, 0.3) is 0 Å². The van der Waals surface area contributed by atoms with Crippen molar-refractivity contribution in [1.29, 1.82) is 0 Å². The number of nitrogen functional groups attached to an aromatic ring is 1. The first kappa shape index (κ1) is 18.1. The largest absolute Gasteiger partial charge is 0.398 e. The number of amides is 1. The summed E-state index contributed by atoms with van der Waals surface area (Å²) in [6.45, 7) is 3.90. The van der Waals surface area contributed by atoms with E-state index in [-0.39, 0.29) is 18.3 Å². The summed E-state index contributed by atoms with van der Waals surface area (Å²) in [5.74, 6) is 0.0425. The van der Waals surface area contributed by atoms with Gasteiger partial charge in [-0.2, -0.15) is 0 Å². The molecule has 1 aliphatic heterocycles. The number of aryl methyl sites for hydroxylation is 1. The summed E-state index contributed by atoms with van der Waals surface area (Å²) < 4.78 is 0. The minimum absolute atomic E-state index is 0. The number of carbonyl (C=O) groups excluding carboxylic acids is 1. The number of carbonyl (C=O) groups is 1. The van der Waals surface area contributed by atoms with E-state index in [0.29, 0.717) is 13.1 Å². The monoisotopic (exact) mass is 345 g/mol. The van der Waals surface area contributed by atoms with Gasteiger partial charge in [-0.1, -0.05) is 35.9 Å². The topological polar surface area (TPSA) is 58.4 Å². The molecule has 2 aromatic rings. The first-order valence-corrected chi connectivity index (χ1v) is 8.08. The Morgan fingerprint density at radius 3 is 2.71 bits per heavy atom. The highest BCUT2D eigenvalue weighted by Crippen LogP contribution is 2.30. The van der Waals surface area contributed by atoms with Crippen LogP contribution < -0.4 is 16.0 Å². The maximum atomic E-state index is 12.3. The molecule has 0 aromatic heterocycles. The van der Waals surface area contributed by atoms with Gasteiger partial charge >= 0.3 is 0 Å². The summed E-state index contributed by atoms with van der Waals surface area (Å²) in [6.07, 6.45) is 2.02. The zero-order chi connectivity index (χ0) is 16.2. The van der Waals surface area contributed by atoms with Crippen molar-refractivity contribution in [3.8, 4) is 0 Å². The highest BCUT2D eigenvalue weighted by atomic mass is 35.5. The Hall–Kier alpha value is -2.20. The summed E-state index contributed by atoms with van der Waals surface area (Å²) in [7, 11) is 0. The van der Waals surface area contributed by atoms with E-state index < -0.39 is 0 Å². The molecule has 0 atom stereocenters. The van der Waals surface area contributed by atoms with Gasteiger partial charge < -0.3 is 16.0 Å². The van der Waals surface area contributed by atoms with Gasteiger partial charge in [-0.15, -0.1) is 12.4 Å². The molecule has 3 rings (SSSR count). The number of anilines is 2. The number of hydrogen-bond acceptors (Lipinski definition) is 3. The molecular formula is C19H24ClN3O. The van der Waals surface area contributed by atoms with Gasteiger partial charge in [0.1, 0.15) is 0 Å². The van der Waals surface area contributed by atoms with Gasteiger partial charge in [0.2, 0.25) is 5.91 Å². The quantitative estimate of drug-likeness (QED) is 0.837. The summed E-state index contributed by atoms with van der Waals surface area (Å²) in [5, 5.41) is 3.00. The maximum Gasteiger partial charge on any atom is 0.239 e. The Morgan fingerprint density at radius 2 is 1.96 bits per heavy atom. The molecule has 0 unspecified atom stereocenters. The van der Waals surface area contributed by atoms with E-state index in [4.69, 9.17) is 5.73 Å². The Morgan fingerprint density at radius 1 is 1.21 bits per heavy atom. The van der Waals surface area contributed by atoms with Crippen molar-refractivity contribution in [2.75, 3.05) is 23.7 Å². The molecule has 0 saturated carbocycles. The summed E-state index contributed by atoms with van der Waals surface area (Å²) in [5.41, 5.74) is 11.5. The lowest BCUT2D eigenvalue weighted by Gasteiger charge is -2.31. The van der Waals surface area contributed by atoms with Crippen molar-refractivity contribution in [2.24, 2.45) is 0 Å². The Labute approximate surface area is 149 Å². The molecule has 4 nitrogen and oxygen atoms in total. The standard InChI is InChI=1S/C19H23N3O.ClH/c1-14-7-9-15(10-8-14)12-21-19(23)13-22-11-3-4-16-17(20)5-2-6-18(16)22;/h2,5-10H,3-4,11-13,20H2,1H3,(H,21,23);1H. The molecule has 1 aliphatic rings. The van der Waals surface area contributed by atoms with Gasteiger partial charge in [-0.3, -0.25) is 4.79 Å². The van der Waals surface area contributed by atoms with Gasteiger partial charge in [0.05, 0.1) is 6.54 Å². The van der Waals surface area contributed by atoms with Gasteiger partial charge in [0.15, 0.2) is 0 Å². The fourth-order valence-corrected chi connectivity index (χ4v) is 3.03. The van der Waals surface area contributed by atoms with Crippen LogP contribution in [-0.2, 0) is 17.8 Å². The van der Waals surface area contributed by atoms with Crippen molar-refractivity contribution in [3.63, 3.8) is 0 Å². The third-order valence-electron chi connectivity index (χ3n) is 4.33. The molecule has 3 N–H and O–H groups in total. The normalized spacial score (nSPS) is 13.0. The lowest BCUT2D eigenvalue weighted by Crippen LogP contribution is -2.39. The first-order chi connectivity index (χ1) is 11.1. The SMILES string of the molecule is Cc1ccc(CNC(=O)CN2CCCc3c(N)cccc32)cc1.Cl. The minimum Gasteiger partial charge on any atom is -0.398 e. The first-order valence-electron chi connectivity index (χ1n) is 8.08. The maximum absolute atomic E-state index is 12.3. The van der Waals surface area contributed by atoms with Crippen LogP contribution in [-0.4, -0.2) is 19.0 Å². The molecule has 0 fully saturated rings. The van der Waals surface area contributed by atoms with Crippen LogP contribution in [0.4, 0.5) is 11.4 Å². The zero-order valence-corrected chi connectivity index (χ0v) is 14.7. The Balaban J connectivity index is 0.00000208. The lowest BCUT2D eigenvalue weighted by molar-refractivity contribution is -0.119. The van der Waals surface area contributed by atoms with E-state index in [1.54, 1.807) is 0 Å². The van der Waals surface area contributed by atoms with Crippen LogP contribution in [0, 0.1) is 6.92 Å². The third kappa shape index (κ3) is 4.20. The van der Waals surface area contributed by atoms with E-state index in [9.17, 15) is 4.79 Å². The summed E-state index contributed by atoms with van der Waals surface area (Å²) in [6, 6.07) is 14.2. The molecule has 2 aromatic carbocycles. The average molecular weight is 346 g/mol. The molecule has 0 bridgehead atoms. The summed E-state index contributed by atoms with van der Waals surface area (Å²) >= 11 is 0. The van der Waals surface area contributed by atoms with Crippen LogP contribution in [0.25, 0.3) is 0 Å². The van der Waals surface area contributed by atoms with Crippen LogP contribution in [0.2, 0.25) is 0 Å². The van der Waals surface area contributed by atoms with Crippen LogP contribution in [0.15, 0.2) is 42.5 Å². The molecule has 24 heavy (non-hydrogen) atoms. The fourth-order valence-electron chi connectivity index (χ4n) is 3.03. The number of halogens is 1. The molecule has 0 saturated heterocycles. The van der Waals surface area contributed by atoms with Gasteiger partial charge in [-0.25, -0.2) is 0 Å². The number of nitrogens with one attached hydrogen (secondary N) is 1. The minimum atomic E-state index is 0. The van der Waals surface area contributed by atoms with Gasteiger partial charge in [0, 0.05) is 24.5 Å². The smallest absolute Gasteiger partial charge is 0.239 e. The highest BCUT2D eigenvalue weighted by molar-refractivity contribution is 5.85. The number of rotatable bonds is 4. The van der Waals surface area contributed by atoms with Gasteiger partial charge in [-0.05, 0) is 43.0 Å². The van der Waals surface area contributed by atoms with Crippen molar-refractivity contribution in [3.05, 3.63) is 59.2 Å². The molecule has 0 spiro atoms. The Bertz CT molecular complexity index is 700. The molecule has 5 heteroatoms. The van der Waals surface area contributed by atoms with Crippen molar-refractivity contribution < 1.29 is 4.79 Å². The van der Waals surface area contributed by atoms with E-state index in [1.165, 1.54) is 11.1 Å². The van der Waals surface area contributed by atoms with Crippen LogP contribution in [0.5, 0.6) is 0 Å². The molecule has 1 heterocycles. The van der Waals surface area contributed by atoms with Crippen molar-refractivity contribution in [1.82, 2.24) is 5.32 Å². The highest BCUT2D eigenvalue weighted by Gasteiger charge is 2.20. The van der Waals surface area contributed by atoms with E-state index in [0.717, 1.165) is 36.3 Å². The number of nitrogens with two attached hydrogens (primary N) is 1. The predicted molar refractivity (Wildman–Crippen MR) is 102 cm³/mol. The molecule has 0 radical (unpaired) electrons. The van der Waals surface area contributed by atoms with Crippen LogP contribution in [0.3, 0.4) is 0 Å². The van der Waals surface area contributed by atoms with E-state index >= 15 is 0 Å². The number of nitrogens with zero attached hydrogens (tertiary/aromatic N) is 1. The second-order valence-electron chi connectivity index (χ2n) is 6.13. The number of fused-ring (bicyclic) bond motifs is 1. The third-order valence-corrected chi connectivity index (χ3v) is 4.33. The molecular weight excluding hydrogens is 322 g/mol. The van der Waals surface area contributed by atoms with Crippen molar-refractivity contribution >= 4 is 29.7 Å². The van der Waals surface area contributed by atoms with Crippen LogP contribution in [0.1, 0.15) is 23.1 Å². The van der Waals surface area contributed by atoms with Crippen molar-refractivity contribution in [2.45, 2.75) is 26.3 Å². The number of hydrogen-bond donors (Lipinski definition) is 2. The summed E-state index contributed by atoms with van der Waals surface area (Å²) in [4.78, 5) is 14.4. The zero-order valence-electron chi connectivity index (χ0n) is 13.9. The second kappa shape index (κ2) is 8.06. The second-order valence-corrected chi connectivity index (χ2v) is 6.13. The molecule has 0 aliphatic carbocycles. The Kier molecular flexibility index (Phi) is 6.10. The van der Waals surface area contributed by atoms with Crippen LogP contribution >= 0.6 is 12.4 Å². The molecule has 1 amide bonds. The molecule has 128 valence electrons. The van der Waals surface area contributed by atoms with E-state index in [1.807, 2.05) is 24.3 Å². The fraction of sp³-hybridized carbons (Fsp3) is 0.316. The lowest BCUT2D eigenvalue weighted by atomic mass is 10.00. The average Bonchev–Trinajstić information content (AvgIpc) is 2.55.